The third-order valence-electron chi connectivity index (χ3n) is 3.60. The highest BCUT2D eigenvalue weighted by Crippen LogP contribution is 2.21. The van der Waals surface area contributed by atoms with Crippen molar-refractivity contribution in [3.63, 3.8) is 0 Å². The van der Waals surface area contributed by atoms with Crippen LogP contribution in [-0.4, -0.2) is 22.2 Å². The first-order valence-electron chi connectivity index (χ1n) is 8.10. The van der Waals surface area contributed by atoms with E-state index >= 15 is 0 Å². The number of benzene rings is 2. The lowest BCUT2D eigenvalue weighted by molar-refractivity contribution is -0.384. The Labute approximate surface area is 159 Å². The van der Waals surface area contributed by atoms with Gasteiger partial charge in [0.25, 0.3) is 5.69 Å². The topological polar surface area (TPSA) is 127 Å². The molecule has 9 nitrogen and oxygen atoms in total. The molecule has 1 heterocycles. The predicted molar refractivity (Wildman–Crippen MR) is 99.3 cm³/mol. The summed E-state index contributed by atoms with van der Waals surface area (Å²) >= 11 is 0. The number of furan rings is 1. The lowest BCUT2D eigenvalue weighted by Crippen LogP contribution is -2.16. The smallest absolute Gasteiger partial charge is 0.307 e. The van der Waals surface area contributed by atoms with Crippen LogP contribution in [0.3, 0.4) is 0 Å². The number of ether oxygens (including phenoxy) is 1. The Kier molecular flexibility index (Phi) is 5.66. The summed E-state index contributed by atoms with van der Waals surface area (Å²) in [4.78, 5) is 22.2. The van der Waals surface area contributed by atoms with Crippen molar-refractivity contribution >= 4 is 17.8 Å². The minimum Gasteiger partial charge on any atom is -0.507 e. The van der Waals surface area contributed by atoms with Crippen LogP contribution in [0.2, 0.25) is 0 Å². The second-order valence-electron chi connectivity index (χ2n) is 5.57. The van der Waals surface area contributed by atoms with Gasteiger partial charge in [-0.1, -0.05) is 18.2 Å². The molecule has 0 unspecified atom stereocenters. The number of nitrogens with one attached hydrogen (secondary N) is 1. The van der Waals surface area contributed by atoms with Crippen LogP contribution in [0.5, 0.6) is 11.5 Å². The van der Waals surface area contributed by atoms with E-state index in [0.717, 1.165) is 18.3 Å². The van der Waals surface area contributed by atoms with E-state index in [9.17, 15) is 20.0 Å². The molecule has 9 heteroatoms. The number of para-hydroxylation sites is 1. The van der Waals surface area contributed by atoms with E-state index in [1.54, 1.807) is 18.2 Å². The Bertz CT molecular complexity index is 1010. The molecule has 28 heavy (non-hydrogen) atoms. The molecular weight excluding hydrogens is 366 g/mol. The van der Waals surface area contributed by atoms with E-state index in [4.69, 9.17) is 9.15 Å². The van der Waals surface area contributed by atoms with Gasteiger partial charge in [0.05, 0.1) is 11.1 Å². The largest absolute Gasteiger partial charge is 0.507 e. The molecule has 1 amide bonds. The summed E-state index contributed by atoms with van der Waals surface area (Å²) in [6.07, 6.45) is 1.10. The average molecular weight is 381 g/mol. The highest BCUT2D eigenvalue weighted by Gasteiger charge is 2.12. The predicted octanol–water partition coefficient (Wildman–Crippen LogP) is 3.24. The third-order valence-corrected chi connectivity index (χ3v) is 3.60. The van der Waals surface area contributed by atoms with Crippen molar-refractivity contribution in [2.75, 3.05) is 0 Å². The fourth-order valence-electron chi connectivity index (χ4n) is 2.22. The molecule has 1 aromatic heterocycles. The van der Waals surface area contributed by atoms with Gasteiger partial charge in [0.15, 0.2) is 5.76 Å². The van der Waals surface area contributed by atoms with E-state index in [1.165, 1.54) is 12.1 Å². The van der Waals surface area contributed by atoms with Crippen LogP contribution in [0.1, 0.15) is 21.9 Å². The number of phenols is 1. The summed E-state index contributed by atoms with van der Waals surface area (Å²) in [5.41, 5.74) is 2.11. The van der Waals surface area contributed by atoms with Gasteiger partial charge in [0.1, 0.15) is 23.9 Å². The molecule has 0 saturated heterocycles. The van der Waals surface area contributed by atoms with Gasteiger partial charge in [0, 0.05) is 17.7 Å². The molecule has 0 fully saturated rings. The van der Waals surface area contributed by atoms with Crippen LogP contribution in [0, 0.1) is 10.1 Å². The lowest BCUT2D eigenvalue weighted by atomic mass is 10.2. The molecule has 142 valence electrons. The lowest BCUT2D eigenvalue weighted by Gasteiger charge is -2.03. The fraction of sp³-hybridized carbons (Fsp3) is 0.0526. The van der Waals surface area contributed by atoms with Crippen molar-refractivity contribution in [3.8, 4) is 11.5 Å². The number of hydrogen-bond donors (Lipinski definition) is 2. The zero-order chi connectivity index (χ0) is 19.9. The van der Waals surface area contributed by atoms with E-state index in [0.29, 0.717) is 11.5 Å². The number of phenolic OH excluding ortho intramolecular Hbond substituents is 1. The van der Waals surface area contributed by atoms with Gasteiger partial charge >= 0.3 is 5.91 Å². The highest BCUT2D eigenvalue weighted by molar-refractivity contribution is 5.92. The molecule has 3 aromatic rings. The number of aromatic hydroxyl groups is 1. The minimum atomic E-state index is -0.618. The zero-order valence-electron chi connectivity index (χ0n) is 14.4. The molecule has 2 N–H and O–H groups in total. The standard InChI is InChI=1S/C19H15N3O6/c23-17-8-6-14(22(25)26)10-13(17)11-20-21-19(24)18-9-7-16(28-18)12-27-15-4-2-1-3-5-15/h1-11,23H,12H2,(H,21,24)/b20-11+. The summed E-state index contributed by atoms with van der Waals surface area (Å²) in [5, 5.41) is 24.1. The van der Waals surface area contributed by atoms with Crippen molar-refractivity contribution < 1.29 is 24.0 Å². The molecule has 0 atom stereocenters. The molecule has 3 rings (SSSR count). The molecule has 0 aliphatic heterocycles. The highest BCUT2D eigenvalue weighted by atomic mass is 16.6. The van der Waals surface area contributed by atoms with E-state index in [2.05, 4.69) is 10.5 Å². The van der Waals surface area contributed by atoms with Gasteiger partial charge in [-0.25, -0.2) is 5.43 Å². The maximum absolute atomic E-state index is 12.1. The van der Waals surface area contributed by atoms with Crippen molar-refractivity contribution in [2.45, 2.75) is 6.61 Å². The van der Waals surface area contributed by atoms with E-state index in [-0.39, 0.29) is 29.4 Å². The second kappa shape index (κ2) is 8.49. The first kappa shape index (κ1) is 18.6. The summed E-state index contributed by atoms with van der Waals surface area (Å²) < 4.78 is 10.9. The first-order valence-corrected chi connectivity index (χ1v) is 8.10. The normalized spacial score (nSPS) is 10.7. The summed E-state index contributed by atoms with van der Waals surface area (Å²) in [6, 6.07) is 15.7. The number of hydrogen-bond acceptors (Lipinski definition) is 7. The maximum Gasteiger partial charge on any atom is 0.307 e. The number of carbonyl (C=O) groups is 1. The first-order chi connectivity index (χ1) is 13.5. The van der Waals surface area contributed by atoms with Crippen LogP contribution < -0.4 is 10.2 Å². The molecular formula is C19H15N3O6. The van der Waals surface area contributed by atoms with Gasteiger partial charge in [-0.15, -0.1) is 0 Å². The number of amides is 1. The van der Waals surface area contributed by atoms with Gasteiger partial charge < -0.3 is 14.3 Å². The summed E-state index contributed by atoms with van der Waals surface area (Å²) in [5.74, 6) is 0.321. The molecule has 0 spiro atoms. The monoisotopic (exact) mass is 381 g/mol. The molecule has 0 aliphatic rings. The number of hydrazone groups is 1. The number of non-ortho nitro benzene ring substituents is 1. The van der Waals surface area contributed by atoms with Gasteiger partial charge in [0.2, 0.25) is 0 Å². The van der Waals surface area contributed by atoms with Crippen LogP contribution in [0.25, 0.3) is 0 Å². The van der Waals surface area contributed by atoms with Gasteiger partial charge in [-0.2, -0.15) is 5.10 Å². The summed E-state index contributed by atoms with van der Waals surface area (Å²) in [6.45, 7) is 0.155. The number of nitro benzene ring substituents is 1. The van der Waals surface area contributed by atoms with Crippen molar-refractivity contribution in [2.24, 2.45) is 5.10 Å². The molecule has 0 radical (unpaired) electrons. The molecule has 2 aromatic carbocycles. The number of nitro groups is 1. The summed E-state index contributed by atoms with van der Waals surface area (Å²) in [7, 11) is 0. The quantitative estimate of drug-likeness (QED) is 0.367. The van der Waals surface area contributed by atoms with Crippen LogP contribution in [-0.2, 0) is 6.61 Å². The zero-order valence-corrected chi connectivity index (χ0v) is 14.4. The van der Waals surface area contributed by atoms with E-state index in [1.807, 2.05) is 18.2 Å². The Balaban J connectivity index is 1.58. The van der Waals surface area contributed by atoms with Gasteiger partial charge in [-0.05, 0) is 30.3 Å². The SMILES string of the molecule is O=C(N/N=C/c1cc([N+](=O)[O-])ccc1O)c1ccc(COc2ccccc2)o1. The van der Waals surface area contributed by atoms with Crippen LogP contribution in [0.4, 0.5) is 5.69 Å². The fourth-order valence-corrected chi connectivity index (χ4v) is 2.22. The Morgan fingerprint density at radius 2 is 2.00 bits per heavy atom. The second-order valence-corrected chi connectivity index (χ2v) is 5.57. The van der Waals surface area contributed by atoms with Crippen LogP contribution >= 0.6 is 0 Å². The number of carbonyl (C=O) groups excluding carboxylic acids is 1. The van der Waals surface area contributed by atoms with Crippen LogP contribution in [0.15, 0.2) is 70.2 Å². The Morgan fingerprint density at radius 1 is 1.21 bits per heavy atom. The maximum atomic E-state index is 12.1. The van der Waals surface area contributed by atoms with Gasteiger partial charge in [-0.3, -0.25) is 14.9 Å². The number of nitrogens with zero attached hydrogens (tertiary/aromatic N) is 2. The minimum absolute atomic E-state index is 0.0204. The molecule has 0 aliphatic carbocycles. The van der Waals surface area contributed by atoms with Crippen molar-refractivity contribution in [1.82, 2.24) is 5.43 Å². The van der Waals surface area contributed by atoms with Crippen molar-refractivity contribution in [3.05, 3.63) is 87.9 Å². The third kappa shape index (κ3) is 4.73. The Morgan fingerprint density at radius 3 is 2.75 bits per heavy atom. The van der Waals surface area contributed by atoms with E-state index < -0.39 is 10.8 Å². The Hall–Kier alpha value is -4.14. The van der Waals surface area contributed by atoms with Crippen molar-refractivity contribution in [1.29, 1.82) is 0 Å². The number of rotatable bonds is 7. The molecule has 0 bridgehead atoms. The molecule has 0 saturated carbocycles. The average Bonchev–Trinajstić information content (AvgIpc) is 3.17.